The Bertz CT molecular complexity index is 353. The van der Waals surface area contributed by atoms with E-state index in [2.05, 4.69) is 4.98 Å². The van der Waals surface area contributed by atoms with E-state index in [0.717, 1.165) is 16.8 Å². The molecule has 0 spiro atoms. The molecule has 0 aliphatic carbocycles. The Morgan fingerprint density at radius 1 is 1.43 bits per heavy atom. The van der Waals surface area contributed by atoms with Crippen LogP contribution in [0.1, 0.15) is 23.7 Å². The molecule has 1 aromatic rings. The third kappa shape index (κ3) is 2.54. The standard InChI is InChI=1S/C12H15NO/c1-3-4-5-6-11-10(2)7-8-13-12(11)9-14/h3-8,14H,9H2,1-2H3/b4-3-,6-5-. The highest BCUT2D eigenvalue weighted by Crippen LogP contribution is 2.13. The Hall–Kier alpha value is -1.41. The Labute approximate surface area is 84.6 Å². The Kier molecular flexibility index (Phi) is 4.08. The summed E-state index contributed by atoms with van der Waals surface area (Å²) in [6, 6.07) is 1.94. The van der Waals surface area contributed by atoms with Crippen LogP contribution in [-0.4, -0.2) is 10.1 Å². The molecule has 0 fully saturated rings. The van der Waals surface area contributed by atoms with E-state index >= 15 is 0 Å². The quantitative estimate of drug-likeness (QED) is 0.741. The SMILES string of the molecule is C/C=C\C=C/c1c(C)ccnc1CO. The maximum absolute atomic E-state index is 9.08. The normalized spacial score (nSPS) is 11.6. The number of aryl methyl sites for hydroxylation is 1. The fourth-order valence-electron chi connectivity index (χ4n) is 1.24. The van der Waals surface area contributed by atoms with Crippen LogP contribution in [0.15, 0.2) is 30.5 Å². The summed E-state index contributed by atoms with van der Waals surface area (Å²) in [6.07, 6.45) is 9.54. The molecule has 0 aromatic carbocycles. The number of hydrogen-bond donors (Lipinski definition) is 1. The van der Waals surface area contributed by atoms with Crippen molar-refractivity contribution in [2.24, 2.45) is 0 Å². The number of pyridine rings is 1. The number of nitrogens with zero attached hydrogens (tertiary/aromatic N) is 1. The van der Waals surface area contributed by atoms with Gasteiger partial charge in [0.2, 0.25) is 0 Å². The summed E-state index contributed by atoms with van der Waals surface area (Å²) in [5.74, 6) is 0. The smallest absolute Gasteiger partial charge is 0.0859 e. The molecule has 0 aliphatic rings. The van der Waals surface area contributed by atoms with E-state index in [1.54, 1.807) is 6.20 Å². The average molecular weight is 189 g/mol. The topological polar surface area (TPSA) is 33.1 Å². The van der Waals surface area contributed by atoms with Crippen LogP contribution in [0.2, 0.25) is 0 Å². The molecule has 1 N–H and O–H groups in total. The van der Waals surface area contributed by atoms with Gasteiger partial charge in [0.15, 0.2) is 0 Å². The van der Waals surface area contributed by atoms with Gasteiger partial charge in [-0.05, 0) is 25.5 Å². The molecule has 2 heteroatoms. The fourth-order valence-corrected chi connectivity index (χ4v) is 1.24. The first-order valence-corrected chi connectivity index (χ1v) is 4.64. The van der Waals surface area contributed by atoms with Crippen LogP contribution in [0, 0.1) is 6.92 Å². The summed E-state index contributed by atoms with van der Waals surface area (Å²) in [5.41, 5.74) is 2.86. The lowest BCUT2D eigenvalue weighted by Gasteiger charge is -2.04. The molecule has 74 valence electrons. The summed E-state index contributed by atoms with van der Waals surface area (Å²) in [7, 11) is 0. The van der Waals surface area contributed by atoms with Crippen molar-refractivity contribution in [1.82, 2.24) is 4.98 Å². The van der Waals surface area contributed by atoms with Crippen molar-refractivity contribution in [1.29, 1.82) is 0 Å². The van der Waals surface area contributed by atoms with E-state index in [4.69, 9.17) is 5.11 Å². The molecule has 0 amide bonds. The van der Waals surface area contributed by atoms with Gasteiger partial charge in [0.05, 0.1) is 12.3 Å². The predicted molar refractivity (Wildman–Crippen MR) is 58.7 cm³/mol. The van der Waals surface area contributed by atoms with Crippen molar-refractivity contribution in [3.63, 3.8) is 0 Å². The molecule has 1 aromatic heterocycles. The summed E-state index contributed by atoms with van der Waals surface area (Å²) in [5, 5.41) is 9.08. The molecular formula is C12H15NO. The third-order valence-electron chi connectivity index (χ3n) is 2.01. The first kappa shape index (κ1) is 10.7. The lowest BCUT2D eigenvalue weighted by molar-refractivity contribution is 0.276. The lowest BCUT2D eigenvalue weighted by atomic mass is 10.1. The van der Waals surface area contributed by atoms with Crippen LogP contribution < -0.4 is 0 Å². The monoisotopic (exact) mass is 189 g/mol. The minimum atomic E-state index is -0.0167. The number of aromatic nitrogens is 1. The zero-order chi connectivity index (χ0) is 10.4. The fraction of sp³-hybridized carbons (Fsp3) is 0.250. The van der Waals surface area contributed by atoms with E-state index in [-0.39, 0.29) is 6.61 Å². The van der Waals surface area contributed by atoms with Crippen molar-refractivity contribution < 1.29 is 5.11 Å². The zero-order valence-electron chi connectivity index (χ0n) is 8.57. The van der Waals surface area contributed by atoms with E-state index in [1.807, 2.05) is 44.2 Å². The zero-order valence-corrected chi connectivity index (χ0v) is 8.57. The number of aliphatic hydroxyl groups excluding tert-OH is 1. The number of hydrogen-bond acceptors (Lipinski definition) is 2. The van der Waals surface area contributed by atoms with Gasteiger partial charge in [-0.2, -0.15) is 0 Å². The van der Waals surface area contributed by atoms with Crippen molar-refractivity contribution >= 4 is 6.08 Å². The maximum atomic E-state index is 9.08. The van der Waals surface area contributed by atoms with Crippen LogP contribution in [0.5, 0.6) is 0 Å². The van der Waals surface area contributed by atoms with Gasteiger partial charge in [0.1, 0.15) is 0 Å². The molecule has 0 saturated heterocycles. The molecule has 2 nitrogen and oxygen atoms in total. The Morgan fingerprint density at radius 3 is 2.86 bits per heavy atom. The van der Waals surface area contributed by atoms with Crippen LogP contribution in [0.25, 0.3) is 6.08 Å². The van der Waals surface area contributed by atoms with E-state index in [0.29, 0.717) is 0 Å². The summed E-state index contributed by atoms with van der Waals surface area (Å²) >= 11 is 0. The molecule has 1 heterocycles. The van der Waals surface area contributed by atoms with Gasteiger partial charge < -0.3 is 5.11 Å². The predicted octanol–water partition coefficient (Wildman–Crippen LogP) is 2.47. The molecule has 0 radical (unpaired) electrons. The second-order valence-corrected chi connectivity index (χ2v) is 3.03. The van der Waals surface area contributed by atoms with Gasteiger partial charge >= 0.3 is 0 Å². The van der Waals surface area contributed by atoms with Gasteiger partial charge in [-0.3, -0.25) is 4.98 Å². The molecular weight excluding hydrogens is 174 g/mol. The van der Waals surface area contributed by atoms with Crippen molar-refractivity contribution in [2.75, 3.05) is 0 Å². The number of aliphatic hydroxyl groups is 1. The van der Waals surface area contributed by atoms with Crippen LogP contribution in [0.3, 0.4) is 0 Å². The van der Waals surface area contributed by atoms with Crippen LogP contribution in [-0.2, 0) is 6.61 Å². The van der Waals surface area contributed by atoms with Gasteiger partial charge in [0.25, 0.3) is 0 Å². The molecule has 0 bridgehead atoms. The molecule has 0 unspecified atom stereocenters. The summed E-state index contributed by atoms with van der Waals surface area (Å²) < 4.78 is 0. The first-order chi connectivity index (χ1) is 6.79. The number of rotatable bonds is 3. The molecule has 0 saturated carbocycles. The number of allylic oxidation sites excluding steroid dienone is 3. The van der Waals surface area contributed by atoms with Crippen molar-refractivity contribution in [3.8, 4) is 0 Å². The van der Waals surface area contributed by atoms with Crippen LogP contribution in [0.4, 0.5) is 0 Å². The van der Waals surface area contributed by atoms with E-state index in [9.17, 15) is 0 Å². The largest absolute Gasteiger partial charge is 0.390 e. The van der Waals surface area contributed by atoms with Crippen molar-refractivity contribution in [2.45, 2.75) is 20.5 Å². The van der Waals surface area contributed by atoms with Gasteiger partial charge in [-0.1, -0.05) is 24.3 Å². The van der Waals surface area contributed by atoms with E-state index in [1.165, 1.54) is 0 Å². The summed E-state index contributed by atoms with van der Waals surface area (Å²) in [4.78, 5) is 4.11. The third-order valence-corrected chi connectivity index (χ3v) is 2.01. The maximum Gasteiger partial charge on any atom is 0.0859 e. The highest BCUT2D eigenvalue weighted by atomic mass is 16.3. The first-order valence-electron chi connectivity index (χ1n) is 4.64. The van der Waals surface area contributed by atoms with Gasteiger partial charge in [-0.15, -0.1) is 0 Å². The highest BCUT2D eigenvalue weighted by molar-refractivity contribution is 5.56. The Morgan fingerprint density at radius 2 is 2.21 bits per heavy atom. The molecule has 0 atom stereocenters. The highest BCUT2D eigenvalue weighted by Gasteiger charge is 2.01. The Balaban J connectivity index is 3.04. The minimum Gasteiger partial charge on any atom is -0.390 e. The second-order valence-electron chi connectivity index (χ2n) is 3.03. The van der Waals surface area contributed by atoms with Gasteiger partial charge in [-0.25, -0.2) is 0 Å². The minimum absolute atomic E-state index is 0.0167. The van der Waals surface area contributed by atoms with E-state index < -0.39 is 0 Å². The second kappa shape index (κ2) is 5.35. The lowest BCUT2D eigenvalue weighted by Crippen LogP contribution is -1.95. The molecule has 14 heavy (non-hydrogen) atoms. The van der Waals surface area contributed by atoms with Gasteiger partial charge in [0, 0.05) is 11.8 Å². The van der Waals surface area contributed by atoms with Crippen LogP contribution >= 0.6 is 0 Å². The average Bonchev–Trinajstić information content (AvgIpc) is 2.20. The molecule has 0 aliphatic heterocycles. The van der Waals surface area contributed by atoms with Crippen molar-refractivity contribution in [3.05, 3.63) is 47.3 Å². The summed E-state index contributed by atoms with van der Waals surface area (Å²) in [6.45, 7) is 3.96. The molecule has 1 rings (SSSR count).